The van der Waals surface area contributed by atoms with Gasteiger partial charge in [0.15, 0.2) is 6.04 Å². The number of aliphatic hydroxyl groups excluding tert-OH is 1. The molecule has 1 atom stereocenters. The second-order valence-electron chi connectivity index (χ2n) is 3.75. The van der Waals surface area contributed by atoms with Gasteiger partial charge in [-0.25, -0.2) is 4.79 Å². The minimum atomic E-state index is -1.32. The van der Waals surface area contributed by atoms with Gasteiger partial charge in [0.2, 0.25) is 0 Å². The Morgan fingerprint density at radius 2 is 2.11 bits per heavy atom. The zero-order valence-corrected chi connectivity index (χ0v) is 10.2. The fraction of sp³-hybridized carbons (Fsp3) is 0.455. The highest BCUT2D eigenvalue weighted by Crippen LogP contribution is 2.07. The van der Waals surface area contributed by atoms with Crippen LogP contribution in [0.25, 0.3) is 0 Å². The molecule has 0 unspecified atom stereocenters. The topological polar surface area (TPSA) is 112 Å². The minimum Gasteiger partial charge on any atom is -0.480 e. The van der Waals surface area contributed by atoms with Crippen molar-refractivity contribution < 1.29 is 19.8 Å². The number of hydrogen-bond donors (Lipinski definition) is 3. The Morgan fingerprint density at radius 3 is 2.61 bits per heavy atom. The Hall–Kier alpha value is -2.02. The van der Waals surface area contributed by atoms with Crippen molar-refractivity contribution in [3.63, 3.8) is 0 Å². The van der Waals surface area contributed by atoms with Crippen LogP contribution in [0.15, 0.2) is 6.07 Å². The Morgan fingerprint density at radius 1 is 1.44 bits per heavy atom. The number of nitrogens with zero attached hydrogens (tertiary/aromatic N) is 2. The molecule has 3 N–H and O–H groups in total. The van der Waals surface area contributed by atoms with E-state index in [2.05, 4.69) is 15.5 Å². The van der Waals surface area contributed by atoms with Gasteiger partial charge in [0.05, 0.1) is 23.6 Å². The number of amides is 1. The number of nitrogens with one attached hydrogen (secondary N) is 1. The molecule has 0 radical (unpaired) electrons. The van der Waals surface area contributed by atoms with Crippen molar-refractivity contribution in [3.05, 3.63) is 23.0 Å². The summed E-state index contributed by atoms with van der Waals surface area (Å²) in [5.74, 6) is -1.87. The van der Waals surface area contributed by atoms with E-state index in [-0.39, 0.29) is 5.56 Å². The number of rotatable bonds is 5. The van der Waals surface area contributed by atoms with Crippen molar-refractivity contribution in [2.75, 3.05) is 6.61 Å². The molecule has 0 aromatic carbocycles. The number of carboxylic acid groups (broad SMARTS) is 1. The summed E-state index contributed by atoms with van der Waals surface area (Å²) in [5.41, 5.74) is 1.33. The normalized spacial score (nSPS) is 11.9. The number of carbonyl (C=O) groups excluding carboxylic acids is 1. The molecule has 0 aliphatic carbocycles. The first-order valence-corrected chi connectivity index (χ1v) is 5.47. The first kappa shape index (κ1) is 14.0. The summed E-state index contributed by atoms with van der Waals surface area (Å²) >= 11 is 0. The SMILES string of the molecule is CCc1nnc(C)cc1C(=O)N[C@@H](CO)C(=O)O. The third-order valence-corrected chi connectivity index (χ3v) is 2.36. The molecular formula is C11H15N3O4. The average molecular weight is 253 g/mol. The lowest BCUT2D eigenvalue weighted by Crippen LogP contribution is -2.43. The zero-order chi connectivity index (χ0) is 13.7. The molecule has 0 spiro atoms. The maximum absolute atomic E-state index is 11.9. The molecular weight excluding hydrogens is 238 g/mol. The van der Waals surface area contributed by atoms with Gasteiger partial charge in [-0.1, -0.05) is 6.92 Å². The fourth-order valence-electron chi connectivity index (χ4n) is 1.39. The van der Waals surface area contributed by atoms with Crippen molar-refractivity contribution >= 4 is 11.9 Å². The fourth-order valence-corrected chi connectivity index (χ4v) is 1.39. The lowest BCUT2D eigenvalue weighted by atomic mass is 10.1. The van der Waals surface area contributed by atoms with E-state index < -0.39 is 24.5 Å². The van der Waals surface area contributed by atoms with E-state index in [0.29, 0.717) is 17.8 Å². The van der Waals surface area contributed by atoms with Crippen molar-refractivity contribution in [2.24, 2.45) is 0 Å². The van der Waals surface area contributed by atoms with Crippen LogP contribution in [0.3, 0.4) is 0 Å². The van der Waals surface area contributed by atoms with Crippen LogP contribution in [-0.4, -0.2) is 44.9 Å². The Labute approximate surface area is 104 Å². The number of aliphatic hydroxyl groups is 1. The maximum Gasteiger partial charge on any atom is 0.328 e. The predicted molar refractivity (Wildman–Crippen MR) is 62.1 cm³/mol. The van der Waals surface area contributed by atoms with Crippen molar-refractivity contribution in [1.29, 1.82) is 0 Å². The smallest absolute Gasteiger partial charge is 0.328 e. The summed E-state index contributed by atoms with van der Waals surface area (Å²) in [6.45, 7) is 2.83. The van der Waals surface area contributed by atoms with Gasteiger partial charge in [-0.2, -0.15) is 10.2 Å². The van der Waals surface area contributed by atoms with Crippen LogP contribution in [0.5, 0.6) is 0 Å². The molecule has 98 valence electrons. The van der Waals surface area contributed by atoms with Gasteiger partial charge in [-0.3, -0.25) is 4.79 Å². The van der Waals surface area contributed by atoms with Crippen molar-refractivity contribution in [2.45, 2.75) is 26.3 Å². The molecule has 18 heavy (non-hydrogen) atoms. The van der Waals surface area contributed by atoms with Gasteiger partial charge in [-0.05, 0) is 19.4 Å². The van der Waals surface area contributed by atoms with E-state index in [1.165, 1.54) is 6.07 Å². The van der Waals surface area contributed by atoms with E-state index in [1.807, 2.05) is 6.92 Å². The number of carboxylic acids is 1. The molecule has 0 aliphatic rings. The van der Waals surface area contributed by atoms with Crippen molar-refractivity contribution in [1.82, 2.24) is 15.5 Å². The molecule has 0 aliphatic heterocycles. The lowest BCUT2D eigenvalue weighted by molar-refractivity contribution is -0.140. The first-order chi connectivity index (χ1) is 8.49. The average Bonchev–Trinajstić information content (AvgIpc) is 2.35. The third kappa shape index (κ3) is 3.24. The van der Waals surface area contributed by atoms with E-state index in [9.17, 15) is 9.59 Å². The van der Waals surface area contributed by atoms with E-state index in [1.54, 1.807) is 6.92 Å². The molecule has 7 nitrogen and oxygen atoms in total. The van der Waals surface area contributed by atoms with Crippen LogP contribution in [-0.2, 0) is 11.2 Å². The predicted octanol–water partition coefficient (Wildman–Crippen LogP) is -0.477. The molecule has 0 saturated carbocycles. The van der Waals surface area contributed by atoms with Gasteiger partial charge in [-0.15, -0.1) is 0 Å². The number of aliphatic carboxylic acids is 1. The Kier molecular flexibility index (Phi) is 4.73. The number of aromatic nitrogens is 2. The minimum absolute atomic E-state index is 0.282. The highest BCUT2D eigenvalue weighted by atomic mass is 16.4. The van der Waals surface area contributed by atoms with Crippen LogP contribution < -0.4 is 5.32 Å². The van der Waals surface area contributed by atoms with Crippen LogP contribution in [0.1, 0.15) is 28.7 Å². The first-order valence-electron chi connectivity index (χ1n) is 5.47. The lowest BCUT2D eigenvalue weighted by Gasteiger charge is -2.13. The number of hydrogen-bond acceptors (Lipinski definition) is 5. The molecule has 1 rings (SSSR count). The third-order valence-electron chi connectivity index (χ3n) is 2.36. The standard InChI is InChI=1S/C11H15N3O4/c1-3-8-7(4-6(2)13-14-8)10(16)12-9(5-15)11(17)18/h4,9,15H,3,5H2,1-2H3,(H,12,16)(H,17,18)/t9-/m0/s1. The maximum atomic E-state index is 11.9. The van der Waals surface area contributed by atoms with Crippen LogP contribution in [0.2, 0.25) is 0 Å². The second kappa shape index (κ2) is 6.06. The molecule has 0 bridgehead atoms. The van der Waals surface area contributed by atoms with Gasteiger partial charge < -0.3 is 15.5 Å². The monoisotopic (exact) mass is 253 g/mol. The summed E-state index contributed by atoms with van der Waals surface area (Å²) < 4.78 is 0. The van der Waals surface area contributed by atoms with E-state index >= 15 is 0 Å². The van der Waals surface area contributed by atoms with E-state index in [4.69, 9.17) is 10.2 Å². The zero-order valence-electron chi connectivity index (χ0n) is 10.2. The summed E-state index contributed by atoms with van der Waals surface area (Å²) in [5, 5.41) is 27.5. The summed E-state index contributed by atoms with van der Waals surface area (Å²) in [4.78, 5) is 22.6. The van der Waals surface area contributed by atoms with Crippen LogP contribution in [0.4, 0.5) is 0 Å². The Balaban J connectivity index is 2.96. The molecule has 1 amide bonds. The molecule has 1 heterocycles. The molecule has 7 heteroatoms. The molecule has 1 aromatic rings. The van der Waals surface area contributed by atoms with Crippen LogP contribution in [0, 0.1) is 6.92 Å². The highest BCUT2D eigenvalue weighted by Gasteiger charge is 2.21. The molecule has 0 fully saturated rings. The second-order valence-corrected chi connectivity index (χ2v) is 3.75. The van der Waals surface area contributed by atoms with Crippen LogP contribution >= 0.6 is 0 Å². The molecule has 0 saturated heterocycles. The van der Waals surface area contributed by atoms with Gasteiger partial charge in [0.1, 0.15) is 0 Å². The largest absolute Gasteiger partial charge is 0.480 e. The summed E-state index contributed by atoms with van der Waals surface area (Å²) in [6.07, 6.45) is 0.507. The number of carbonyl (C=O) groups is 2. The highest BCUT2D eigenvalue weighted by molar-refractivity contribution is 5.97. The summed E-state index contributed by atoms with van der Waals surface area (Å²) in [6, 6.07) is 0.216. The van der Waals surface area contributed by atoms with Gasteiger partial charge in [0.25, 0.3) is 5.91 Å². The van der Waals surface area contributed by atoms with E-state index in [0.717, 1.165) is 0 Å². The van der Waals surface area contributed by atoms with Gasteiger partial charge in [0, 0.05) is 0 Å². The Bertz CT molecular complexity index is 462. The van der Waals surface area contributed by atoms with Crippen molar-refractivity contribution in [3.8, 4) is 0 Å². The molecule has 1 aromatic heterocycles. The van der Waals surface area contributed by atoms with Gasteiger partial charge >= 0.3 is 5.97 Å². The summed E-state index contributed by atoms with van der Waals surface area (Å²) in [7, 11) is 0. The number of aryl methyl sites for hydroxylation is 2. The quantitative estimate of drug-likeness (QED) is 0.653.